The molecule has 2 unspecified atom stereocenters. The van der Waals surface area contributed by atoms with Gasteiger partial charge in [0.2, 0.25) is 5.91 Å². The summed E-state index contributed by atoms with van der Waals surface area (Å²) in [6.45, 7) is 1.76. The summed E-state index contributed by atoms with van der Waals surface area (Å²) < 4.78 is 5.43. The van der Waals surface area contributed by atoms with Gasteiger partial charge in [-0.3, -0.25) is 4.79 Å². The molecule has 1 amide bonds. The Balaban J connectivity index is 2.19. The Kier molecular flexibility index (Phi) is 3.23. The van der Waals surface area contributed by atoms with E-state index in [1.165, 1.54) is 18.9 Å². The van der Waals surface area contributed by atoms with Gasteiger partial charge >= 0.3 is 5.97 Å². The molecule has 0 bridgehead atoms. The quantitative estimate of drug-likeness (QED) is 0.871. The number of ether oxygens (including phenoxy) is 1. The van der Waals surface area contributed by atoms with E-state index >= 15 is 0 Å². The molecule has 0 spiro atoms. The van der Waals surface area contributed by atoms with Crippen molar-refractivity contribution in [2.24, 2.45) is 0 Å². The van der Waals surface area contributed by atoms with Crippen molar-refractivity contribution in [3.63, 3.8) is 0 Å². The number of hydrogen-bond acceptors (Lipinski definition) is 3. The minimum atomic E-state index is -1.02. The van der Waals surface area contributed by atoms with Crippen molar-refractivity contribution in [1.29, 1.82) is 0 Å². The van der Waals surface area contributed by atoms with Gasteiger partial charge < -0.3 is 14.7 Å². The van der Waals surface area contributed by atoms with Crippen molar-refractivity contribution >= 4 is 11.9 Å². The lowest BCUT2D eigenvalue weighted by atomic mass is 9.99. The smallest absolute Gasteiger partial charge is 0.326 e. The van der Waals surface area contributed by atoms with Gasteiger partial charge in [-0.25, -0.2) is 4.79 Å². The molecule has 1 aliphatic rings. The number of benzene rings is 1. The Labute approximate surface area is 105 Å². The van der Waals surface area contributed by atoms with Gasteiger partial charge in [0.25, 0.3) is 0 Å². The molecule has 0 radical (unpaired) electrons. The van der Waals surface area contributed by atoms with Crippen LogP contribution in [0.4, 0.5) is 0 Å². The van der Waals surface area contributed by atoms with Crippen LogP contribution in [-0.4, -0.2) is 41.6 Å². The number of carbonyl (C=O) groups excluding carboxylic acids is 1. The third kappa shape index (κ3) is 2.03. The van der Waals surface area contributed by atoms with Crippen molar-refractivity contribution < 1.29 is 19.4 Å². The second-order valence-corrected chi connectivity index (χ2v) is 4.36. The Morgan fingerprint density at radius 2 is 2.11 bits per heavy atom. The summed E-state index contributed by atoms with van der Waals surface area (Å²) in [5.74, 6) is -0.951. The van der Waals surface area contributed by atoms with Crippen LogP contribution in [0.5, 0.6) is 5.75 Å². The van der Waals surface area contributed by atoms with Gasteiger partial charge in [-0.1, -0.05) is 18.2 Å². The molecule has 2 rings (SSSR count). The van der Waals surface area contributed by atoms with Crippen LogP contribution in [0.15, 0.2) is 24.3 Å². The molecular formula is C13H15NO4. The molecule has 1 aromatic carbocycles. The number of para-hydroxylation sites is 1. The molecule has 1 aliphatic heterocycles. The molecule has 18 heavy (non-hydrogen) atoms. The van der Waals surface area contributed by atoms with Crippen LogP contribution < -0.4 is 4.74 Å². The lowest BCUT2D eigenvalue weighted by Crippen LogP contribution is -2.43. The number of likely N-dealkylation sites (N-methyl/N-ethyl adjacent to an activating group) is 1. The SMILES string of the molecule is CC(C(=O)O)N(C)C(=O)C1COc2ccccc21. The molecule has 0 saturated carbocycles. The fraction of sp³-hybridized carbons (Fsp3) is 0.385. The fourth-order valence-corrected chi connectivity index (χ4v) is 1.97. The first-order chi connectivity index (χ1) is 8.52. The number of aliphatic carboxylic acids is 1. The second kappa shape index (κ2) is 4.68. The number of amides is 1. The number of rotatable bonds is 3. The predicted octanol–water partition coefficient (Wildman–Crippen LogP) is 1.09. The van der Waals surface area contributed by atoms with E-state index < -0.39 is 17.9 Å². The Morgan fingerprint density at radius 3 is 2.78 bits per heavy atom. The number of nitrogens with zero attached hydrogens (tertiary/aromatic N) is 1. The van der Waals surface area contributed by atoms with E-state index in [0.717, 1.165) is 5.56 Å². The van der Waals surface area contributed by atoms with E-state index in [9.17, 15) is 9.59 Å². The fourth-order valence-electron chi connectivity index (χ4n) is 1.97. The zero-order valence-corrected chi connectivity index (χ0v) is 10.3. The number of hydrogen-bond donors (Lipinski definition) is 1. The minimum absolute atomic E-state index is 0.227. The highest BCUT2D eigenvalue weighted by molar-refractivity contribution is 5.89. The molecule has 1 N–H and O–H groups in total. The van der Waals surface area contributed by atoms with Crippen LogP contribution >= 0.6 is 0 Å². The Morgan fingerprint density at radius 1 is 1.44 bits per heavy atom. The van der Waals surface area contributed by atoms with Crippen molar-refractivity contribution in [1.82, 2.24) is 4.90 Å². The van der Waals surface area contributed by atoms with Crippen LogP contribution in [-0.2, 0) is 9.59 Å². The van der Waals surface area contributed by atoms with Gasteiger partial charge in [-0.15, -0.1) is 0 Å². The highest BCUT2D eigenvalue weighted by Gasteiger charge is 2.34. The summed E-state index contributed by atoms with van der Waals surface area (Å²) in [5.41, 5.74) is 0.826. The number of fused-ring (bicyclic) bond motifs is 1. The second-order valence-electron chi connectivity index (χ2n) is 4.36. The summed E-state index contributed by atoms with van der Waals surface area (Å²) in [6, 6.07) is 6.49. The first-order valence-electron chi connectivity index (χ1n) is 5.73. The minimum Gasteiger partial charge on any atom is -0.492 e. The molecule has 96 valence electrons. The van der Waals surface area contributed by atoms with E-state index in [2.05, 4.69) is 0 Å². The summed E-state index contributed by atoms with van der Waals surface area (Å²) >= 11 is 0. The average molecular weight is 249 g/mol. The van der Waals surface area contributed by atoms with E-state index in [1.54, 1.807) is 0 Å². The first kappa shape index (κ1) is 12.4. The summed E-state index contributed by atoms with van der Waals surface area (Å²) in [6.07, 6.45) is 0. The lowest BCUT2D eigenvalue weighted by molar-refractivity contribution is -0.148. The van der Waals surface area contributed by atoms with Crippen LogP contribution in [0.2, 0.25) is 0 Å². The average Bonchev–Trinajstić information content (AvgIpc) is 2.79. The predicted molar refractivity (Wildman–Crippen MR) is 64.5 cm³/mol. The topological polar surface area (TPSA) is 66.8 Å². The summed E-state index contributed by atoms with van der Waals surface area (Å²) in [5, 5.41) is 8.91. The van der Waals surface area contributed by atoms with E-state index in [-0.39, 0.29) is 12.5 Å². The highest BCUT2D eigenvalue weighted by Crippen LogP contribution is 2.34. The maximum atomic E-state index is 12.2. The molecule has 2 atom stereocenters. The summed E-state index contributed by atoms with van der Waals surface area (Å²) in [4.78, 5) is 24.4. The largest absolute Gasteiger partial charge is 0.492 e. The van der Waals surface area contributed by atoms with Gasteiger partial charge in [-0.2, -0.15) is 0 Å². The van der Waals surface area contributed by atoms with Crippen molar-refractivity contribution in [2.45, 2.75) is 18.9 Å². The third-order valence-electron chi connectivity index (χ3n) is 3.28. The highest BCUT2D eigenvalue weighted by atomic mass is 16.5. The molecule has 5 nitrogen and oxygen atoms in total. The monoisotopic (exact) mass is 249 g/mol. The Bertz CT molecular complexity index is 486. The standard InChI is InChI=1S/C13H15NO4/c1-8(13(16)17)14(2)12(15)10-7-18-11-6-4-3-5-9(10)11/h3-6,8,10H,7H2,1-2H3,(H,16,17). The molecule has 0 saturated heterocycles. The van der Waals surface area contributed by atoms with Crippen LogP contribution in [0.25, 0.3) is 0 Å². The van der Waals surface area contributed by atoms with Crippen molar-refractivity contribution in [3.05, 3.63) is 29.8 Å². The van der Waals surface area contributed by atoms with E-state index in [4.69, 9.17) is 9.84 Å². The molecule has 0 aliphatic carbocycles. The van der Waals surface area contributed by atoms with Crippen molar-refractivity contribution in [3.8, 4) is 5.75 Å². The van der Waals surface area contributed by atoms with Crippen LogP contribution in [0.3, 0.4) is 0 Å². The maximum Gasteiger partial charge on any atom is 0.326 e. The Hall–Kier alpha value is -2.04. The van der Waals surface area contributed by atoms with Gasteiger partial charge in [0, 0.05) is 12.6 Å². The van der Waals surface area contributed by atoms with Crippen LogP contribution in [0, 0.1) is 0 Å². The molecule has 0 aromatic heterocycles. The summed E-state index contributed by atoms with van der Waals surface area (Å²) in [7, 11) is 1.50. The molecule has 0 fully saturated rings. The number of carboxylic acid groups (broad SMARTS) is 1. The van der Waals surface area contributed by atoms with E-state index in [1.807, 2.05) is 24.3 Å². The van der Waals surface area contributed by atoms with Gasteiger partial charge in [-0.05, 0) is 13.0 Å². The third-order valence-corrected chi connectivity index (χ3v) is 3.28. The van der Waals surface area contributed by atoms with Crippen molar-refractivity contribution in [2.75, 3.05) is 13.7 Å². The van der Waals surface area contributed by atoms with Gasteiger partial charge in [0.15, 0.2) is 0 Å². The molecule has 5 heteroatoms. The van der Waals surface area contributed by atoms with Crippen LogP contribution in [0.1, 0.15) is 18.4 Å². The van der Waals surface area contributed by atoms with Gasteiger partial charge in [0.1, 0.15) is 24.3 Å². The molecular weight excluding hydrogens is 234 g/mol. The van der Waals surface area contributed by atoms with E-state index in [0.29, 0.717) is 5.75 Å². The lowest BCUT2D eigenvalue weighted by Gasteiger charge is -2.24. The zero-order valence-electron chi connectivity index (χ0n) is 10.3. The van der Waals surface area contributed by atoms with Gasteiger partial charge in [0.05, 0.1) is 0 Å². The first-order valence-corrected chi connectivity index (χ1v) is 5.73. The number of carboxylic acids is 1. The maximum absolute atomic E-state index is 12.2. The zero-order chi connectivity index (χ0) is 13.3. The molecule has 1 heterocycles. The molecule has 1 aromatic rings. The number of carbonyl (C=O) groups is 2. The normalized spacial score (nSPS) is 18.7.